The highest BCUT2D eigenvalue weighted by Crippen LogP contribution is 2.76. The summed E-state index contributed by atoms with van der Waals surface area (Å²) in [5.41, 5.74) is -0.704. The Balaban J connectivity index is 1.05. The van der Waals surface area contributed by atoms with E-state index in [2.05, 4.69) is 40.7 Å². The molecule has 4 saturated carbocycles. The van der Waals surface area contributed by atoms with Crippen molar-refractivity contribution in [1.29, 1.82) is 0 Å². The zero-order valence-electron chi connectivity index (χ0n) is 38.5. The molecule has 0 aromatic rings. The first-order valence-electron chi connectivity index (χ1n) is 23.7. The van der Waals surface area contributed by atoms with Gasteiger partial charge in [-0.25, -0.2) is 0 Å². The van der Waals surface area contributed by atoms with Crippen molar-refractivity contribution in [2.24, 2.45) is 50.2 Å². The maximum atomic E-state index is 13.1. The minimum atomic E-state index is -1.77. The van der Waals surface area contributed by atoms with E-state index in [1.807, 2.05) is 6.92 Å². The first kappa shape index (κ1) is 49.0. The predicted octanol–water partition coefficient (Wildman–Crippen LogP) is 1.35. The summed E-state index contributed by atoms with van der Waals surface area (Å²) in [5.74, 6) is -0.441. The number of carboxylic acid groups (broad SMARTS) is 1. The summed E-state index contributed by atoms with van der Waals surface area (Å²) in [6.45, 7) is 14.0. The van der Waals surface area contributed by atoms with Crippen molar-refractivity contribution < 1.29 is 84.3 Å². The molecule has 0 aromatic carbocycles. The van der Waals surface area contributed by atoms with Gasteiger partial charge >= 0.3 is 5.97 Å². The molecule has 10 N–H and O–H groups in total. The lowest BCUT2D eigenvalue weighted by atomic mass is 9.33. The third kappa shape index (κ3) is 7.49. The zero-order chi connectivity index (χ0) is 46.7. The lowest BCUT2D eigenvalue weighted by molar-refractivity contribution is -0.381. The van der Waals surface area contributed by atoms with Gasteiger partial charge in [0.15, 0.2) is 18.9 Å². The smallest absolute Gasteiger partial charge is 0.310 e. The standard InChI is InChI=1S/C47H76O17/c1-22-30(50)33(53)35(55)38(60-22)64-37-32(52)26(62-39-36(56)34(54)31(51)25(19-48)61-39)20-59-40(37)63-29-11-12-43(4)27(44(29,5)21-49)10-13-46(7)28(43)9-8-23-24-18-42(2,3)14-16-47(24,41(57)58)17-15-45(23,46)6/h8,22,24-40,48-56H,9-21H2,1-7H3,(H,57,58)/t22-,24?,25+,26-,27?,28?,29?,30-,31+,32-,33+,34-,35+,36+,37+,38-,39+,40-,43-,44-,45+,46+,47-/m0/s1. The average Bonchev–Trinajstić information content (AvgIpc) is 3.24. The largest absolute Gasteiger partial charge is 0.481 e. The van der Waals surface area contributed by atoms with Crippen LogP contribution in [-0.4, -0.2) is 169 Å². The quantitative estimate of drug-likeness (QED) is 0.116. The van der Waals surface area contributed by atoms with Gasteiger partial charge in [-0.3, -0.25) is 4.79 Å². The van der Waals surface area contributed by atoms with Gasteiger partial charge in [-0.1, -0.05) is 53.2 Å². The van der Waals surface area contributed by atoms with Gasteiger partial charge in [-0.05, 0) is 111 Å². The fraction of sp³-hybridized carbons (Fsp3) is 0.936. The number of allylic oxidation sites excluding steroid dienone is 2. The van der Waals surface area contributed by atoms with Gasteiger partial charge in [-0.2, -0.15) is 0 Å². The van der Waals surface area contributed by atoms with Crippen LogP contribution in [0, 0.1) is 50.2 Å². The second-order valence-electron chi connectivity index (χ2n) is 22.9. The molecular formula is C47H76O17. The molecule has 7 fully saturated rings. The monoisotopic (exact) mass is 913 g/mol. The topological polar surface area (TPSA) is 275 Å². The molecule has 0 spiro atoms. The van der Waals surface area contributed by atoms with Gasteiger partial charge in [0.25, 0.3) is 0 Å². The second-order valence-corrected chi connectivity index (χ2v) is 22.9. The van der Waals surface area contributed by atoms with Crippen LogP contribution in [-0.2, 0) is 33.2 Å². The maximum absolute atomic E-state index is 13.1. The highest BCUT2D eigenvalue weighted by atomic mass is 16.8. The van der Waals surface area contributed by atoms with Crippen molar-refractivity contribution in [2.75, 3.05) is 19.8 Å². The Labute approximate surface area is 376 Å². The second kappa shape index (κ2) is 17.2. The number of ether oxygens (including phenoxy) is 6. The molecule has 17 nitrogen and oxygen atoms in total. The molecule has 3 aliphatic heterocycles. The molecule has 0 bridgehead atoms. The van der Waals surface area contributed by atoms with Crippen molar-refractivity contribution in [1.82, 2.24) is 0 Å². The fourth-order valence-electron chi connectivity index (χ4n) is 14.8. The van der Waals surface area contributed by atoms with Crippen molar-refractivity contribution in [3.05, 3.63) is 11.6 Å². The zero-order valence-corrected chi connectivity index (χ0v) is 38.5. The van der Waals surface area contributed by atoms with E-state index in [4.69, 9.17) is 28.4 Å². The lowest BCUT2D eigenvalue weighted by Gasteiger charge is -2.71. The molecular weight excluding hydrogens is 837 g/mol. The predicted molar refractivity (Wildman–Crippen MR) is 225 cm³/mol. The van der Waals surface area contributed by atoms with Gasteiger partial charge in [-0.15, -0.1) is 0 Å². The van der Waals surface area contributed by atoms with Gasteiger partial charge < -0.3 is 79.5 Å². The number of hydrogen-bond donors (Lipinski definition) is 10. The molecule has 3 heterocycles. The van der Waals surface area contributed by atoms with Crippen LogP contribution < -0.4 is 0 Å². The van der Waals surface area contributed by atoms with Crippen LogP contribution in [0.1, 0.15) is 113 Å². The Hall–Kier alpha value is -1.39. The number of aliphatic carboxylic acids is 1. The van der Waals surface area contributed by atoms with Crippen molar-refractivity contribution in [2.45, 2.75) is 205 Å². The molecule has 5 aliphatic carbocycles. The average molecular weight is 913 g/mol. The molecule has 8 rings (SSSR count). The molecule has 4 unspecified atom stereocenters. The normalized spacial score (nSPS) is 55.0. The molecule has 3 saturated heterocycles. The summed E-state index contributed by atoms with van der Waals surface area (Å²) in [5, 5.41) is 108. The summed E-state index contributed by atoms with van der Waals surface area (Å²) < 4.78 is 36.5. The van der Waals surface area contributed by atoms with Crippen LogP contribution in [0.15, 0.2) is 11.6 Å². The third-order valence-corrected chi connectivity index (χ3v) is 19.1. The summed E-state index contributed by atoms with van der Waals surface area (Å²) >= 11 is 0. The van der Waals surface area contributed by atoms with E-state index >= 15 is 0 Å². The number of hydrogen-bond acceptors (Lipinski definition) is 16. The van der Waals surface area contributed by atoms with Crippen LogP contribution >= 0.6 is 0 Å². The number of aliphatic hydroxyl groups is 9. The van der Waals surface area contributed by atoms with E-state index in [9.17, 15) is 55.9 Å². The Morgan fingerprint density at radius 1 is 0.719 bits per heavy atom. The van der Waals surface area contributed by atoms with E-state index < -0.39 is 116 Å². The molecule has 64 heavy (non-hydrogen) atoms. The van der Waals surface area contributed by atoms with Crippen LogP contribution in [0.5, 0.6) is 0 Å². The van der Waals surface area contributed by atoms with E-state index in [-0.39, 0.29) is 52.6 Å². The molecule has 0 radical (unpaired) electrons. The Morgan fingerprint density at radius 2 is 1.38 bits per heavy atom. The molecule has 0 aromatic heterocycles. The van der Waals surface area contributed by atoms with Gasteiger partial charge in [0.05, 0.1) is 37.4 Å². The van der Waals surface area contributed by atoms with Gasteiger partial charge in [0.1, 0.15) is 61.0 Å². The number of fused-ring (bicyclic) bond motifs is 7. The molecule has 0 amide bonds. The lowest BCUT2D eigenvalue weighted by Crippen LogP contribution is -2.67. The SMILES string of the molecule is C[C@@H]1O[C@@H](O[C@H]2[C@H](OC3CC[C@@]4(C)C(CC[C@]5(C)C4CC=C4C6CC(C)(C)CC[C@]6(C(=O)O)CC[C@]45C)[C@]3(C)CO)OC[C@H](O[C@H]3O[C@H](CO)[C@@H](O)[C@H](O)[C@H]3O)[C@@H]2O)[C@H](O)[C@H](O)[C@H]1O. The minimum Gasteiger partial charge on any atom is -0.481 e. The maximum Gasteiger partial charge on any atom is 0.310 e. The Morgan fingerprint density at radius 3 is 2.03 bits per heavy atom. The van der Waals surface area contributed by atoms with Crippen molar-refractivity contribution in [3.63, 3.8) is 0 Å². The van der Waals surface area contributed by atoms with Crippen LogP contribution in [0.3, 0.4) is 0 Å². The third-order valence-electron chi connectivity index (χ3n) is 19.1. The summed E-state index contributed by atoms with van der Waals surface area (Å²) in [6, 6.07) is 0. The first-order valence-corrected chi connectivity index (χ1v) is 23.7. The van der Waals surface area contributed by atoms with Crippen molar-refractivity contribution >= 4 is 5.97 Å². The van der Waals surface area contributed by atoms with Gasteiger partial charge in [0, 0.05) is 5.41 Å². The van der Waals surface area contributed by atoms with Gasteiger partial charge in [0.2, 0.25) is 0 Å². The molecule has 17 heteroatoms. The summed E-state index contributed by atoms with van der Waals surface area (Å²) in [7, 11) is 0. The molecule has 23 atom stereocenters. The van der Waals surface area contributed by atoms with Crippen LogP contribution in [0.25, 0.3) is 0 Å². The Bertz CT molecular complexity index is 1750. The number of rotatable bonds is 9. The molecule has 8 aliphatic rings. The summed E-state index contributed by atoms with van der Waals surface area (Å²) in [4.78, 5) is 13.1. The highest BCUT2D eigenvalue weighted by molar-refractivity contribution is 5.76. The van der Waals surface area contributed by atoms with E-state index in [0.717, 1.165) is 44.9 Å². The number of aliphatic hydroxyl groups excluding tert-OH is 9. The minimum absolute atomic E-state index is 0.00757. The fourth-order valence-corrected chi connectivity index (χ4v) is 14.8. The van der Waals surface area contributed by atoms with E-state index in [1.165, 1.54) is 12.5 Å². The summed E-state index contributed by atoms with van der Waals surface area (Å²) in [6.07, 6.45) is -11.7. The Kier molecular flexibility index (Phi) is 13.2. The van der Waals surface area contributed by atoms with Crippen LogP contribution in [0.4, 0.5) is 0 Å². The first-order chi connectivity index (χ1) is 29.9. The molecule has 366 valence electrons. The van der Waals surface area contributed by atoms with E-state index in [0.29, 0.717) is 19.3 Å². The highest BCUT2D eigenvalue weighted by Gasteiger charge is 2.70. The van der Waals surface area contributed by atoms with Crippen molar-refractivity contribution in [3.8, 4) is 0 Å². The van der Waals surface area contributed by atoms with Crippen LogP contribution in [0.2, 0.25) is 0 Å². The number of carboxylic acids is 1. The van der Waals surface area contributed by atoms with E-state index in [1.54, 1.807) is 0 Å². The number of carbonyl (C=O) groups is 1.